The first kappa shape index (κ1) is 6.53. The second-order valence-corrected chi connectivity index (χ2v) is 3.62. The Morgan fingerprint density at radius 1 is 1.67 bits per heavy atom. The van der Waals surface area contributed by atoms with Crippen LogP contribution in [0.4, 0.5) is 0 Å². The van der Waals surface area contributed by atoms with Crippen LogP contribution in [0.5, 0.6) is 0 Å². The fraction of sp³-hybridized carbons (Fsp3) is 0.600. The summed E-state index contributed by atoms with van der Waals surface area (Å²) in [6.07, 6.45) is 4.36. The maximum atomic E-state index is 2.31. The second-order valence-electron chi connectivity index (χ2n) is 1.02. The first-order chi connectivity index (χ1) is 2.91. The number of hydrogen-bond donors (Lipinski definition) is 0. The van der Waals surface area contributed by atoms with E-state index in [2.05, 4.69) is 24.0 Å². The van der Waals surface area contributed by atoms with Crippen LogP contribution < -0.4 is 0 Å². The maximum absolute atomic E-state index is 2.31. The van der Waals surface area contributed by atoms with Crippen molar-refractivity contribution in [3.8, 4) is 0 Å². The SMILES string of the molecule is CC=CC[Te]C. The van der Waals surface area contributed by atoms with Crippen molar-refractivity contribution in [2.45, 2.75) is 16.4 Å². The molecule has 0 rings (SSSR count). The van der Waals surface area contributed by atoms with Crippen LogP contribution in [0.3, 0.4) is 0 Å². The summed E-state index contributed by atoms with van der Waals surface area (Å²) < 4.78 is 1.36. The second kappa shape index (κ2) is 5.53. The predicted molar refractivity (Wildman–Crippen MR) is 31.2 cm³/mol. The van der Waals surface area contributed by atoms with E-state index in [0.29, 0.717) is 20.9 Å². The zero-order valence-corrected chi connectivity index (χ0v) is 6.60. The molecule has 0 aliphatic carbocycles. The Kier molecular flexibility index (Phi) is 6.02. The minimum atomic E-state index is 0.377. The molecule has 0 aromatic heterocycles. The van der Waals surface area contributed by atoms with Gasteiger partial charge in [-0.25, -0.2) is 0 Å². The van der Waals surface area contributed by atoms with E-state index < -0.39 is 0 Å². The average Bonchev–Trinajstić information content (AvgIpc) is 1.61. The summed E-state index contributed by atoms with van der Waals surface area (Å²) in [6.45, 7) is 2.07. The summed E-state index contributed by atoms with van der Waals surface area (Å²) >= 11 is 0.377. The van der Waals surface area contributed by atoms with Crippen LogP contribution in [0, 0.1) is 0 Å². The van der Waals surface area contributed by atoms with Gasteiger partial charge in [0.2, 0.25) is 0 Å². The van der Waals surface area contributed by atoms with Crippen molar-refractivity contribution in [1.82, 2.24) is 0 Å². The Labute approximate surface area is 49.7 Å². The molecule has 0 atom stereocenters. The van der Waals surface area contributed by atoms with Gasteiger partial charge >= 0.3 is 49.4 Å². The molecule has 0 spiro atoms. The van der Waals surface area contributed by atoms with Crippen LogP contribution in [-0.4, -0.2) is 20.9 Å². The first-order valence-corrected chi connectivity index (χ1v) is 5.99. The summed E-state index contributed by atoms with van der Waals surface area (Å²) in [6, 6.07) is 0. The molecule has 0 saturated carbocycles. The summed E-state index contributed by atoms with van der Waals surface area (Å²) in [5, 5.41) is 0. The third-order valence-corrected chi connectivity index (χ3v) is 2.00. The Hall–Kier alpha value is 0.530. The Morgan fingerprint density at radius 3 is 2.50 bits per heavy atom. The van der Waals surface area contributed by atoms with Crippen molar-refractivity contribution in [1.29, 1.82) is 0 Å². The molecule has 0 amide bonds. The fourth-order valence-corrected chi connectivity index (χ4v) is 1.29. The normalized spacial score (nSPS) is 10.3. The molecule has 0 aromatic carbocycles. The predicted octanol–water partition coefficient (Wildman–Crippen LogP) is 1.73. The molecule has 0 unspecified atom stereocenters. The topological polar surface area (TPSA) is 0 Å². The van der Waals surface area contributed by atoms with E-state index in [1.54, 1.807) is 0 Å². The van der Waals surface area contributed by atoms with Crippen LogP contribution in [-0.2, 0) is 0 Å². The van der Waals surface area contributed by atoms with Crippen molar-refractivity contribution < 1.29 is 0 Å². The van der Waals surface area contributed by atoms with E-state index in [0.717, 1.165) is 0 Å². The van der Waals surface area contributed by atoms with Gasteiger partial charge in [0.15, 0.2) is 0 Å². The molecule has 36 valence electrons. The van der Waals surface area contributed by atoms with E-state index in [1.807, 2.05) is 0 Å². The number of allylic oxidation sites excluding steroid dienone is 2. The summed E-state index contributed by atoms with van der Waals surface area (Å²) in [5.74, 6) is 0. The molecule has 0 N–H and O–H groups in total. The molecule has 0 nitrogen and oxygen atoms in total. The van der Waals surface area contributed by atoms with Gasteiger partial charge in [0.1, 0.15) is 0 Å². The van der Waals surface area contributed by atoms with E-state index in [-0.39, 0.29) is 0 Å². The molecule has 0 aliphatic heterocycles. The van der Waals surface area contributed by atoms with Crippen LogP contribution in [0.1, 0.15) is 6.92 Å². The van der Waals surface area contributed by atoms with Crippen LogP contribution in [0.25, 0.3) is 0 Å². The van der Waals surface area contributed by atoms with Crippen molar-refractivity contribution in [3.05, 3.63) is 12.2 Å². The molecular weight excluding hydrogens is 188 g/mol. The summed E-state index contributed by atoms with van der Waals surface area (Å²) in [5.41, 5.74) is 0. The summed E-state index contributed by atoms with van der Waals surface area (Å²) in [7, 11) is 0. The molecule has 0 fully saturated rings. The van der Waals surface area contributed by atoms with E-state index in [9.17, 15) is 0 Å². The van der Waals surface area contributed by atoms with Crippen molar-refractivity contribution in [3.63, 3.8) is 0 Å². The molecule has 0 bridgehead atoms. The molecule has 0 aromatic rings. The average molecular weight is 198 g/mol. The van der Waals surface area contributed by atoms with Gasteiger partial charge in [-0.15, -0.1) is 0 Å². The molecule has 0 heterocycles. The molecular formula is C5H10Te. The van der Waals surface area contributed by atoms with Crippen LogP contribution in [0.2, 0.25) is 9.44 Å². The molecule has 6 heavy (non-hydrogen) atoms. The van der Waals surface area contributed by atoms with Gasteiger partial charge in [0.05, 0.1) is 0 Å². The van der Waals surface area contributed by atoms with Crippen LogP contribution in [0.15, 0.2) is 12.2 Å². The number of hydrogen-bond acceptors (Lipinski definition) is 0. The third-order valence-electron chi connectivity index (χ3n) is 0.499. The van der Waals surface area contributed by atoms with Gasteiger partial charge < -0.3 is 0 Å². The quantitative estimate of drug-likeness (QED) is 0.467. The zero-order chi connectivity index (χ0) is 4.83. The van der Waals surface area contributed by atoms with E-state index in [4.69, 9.17) is 0 Å². The van der Waals surface area contributed by atoms with E-state index >= 15 is 0 Å². The fourth-order valence-electron chi connectivity index (χ4n) is 0.192. The van der Waals surface area contributed by atoms with Gasteiger partial charge in [-0.1, -0.05) is 0 Å². The van der Waals surface area contributed by atoms with Crippen molar-refractivity contribution in [2.75, 3.05) is 0 Å². The van der Waals surface area contributed by atoms with Gasteiger partial charge in [-0.3, -0.25) is 0 Å². The molecule has 0 saturated heterocycles. The molecule has 1 heteroatoms. The Bertz CT molecular complexity index is 39.2. The number of rotatable bonds is 2. The molecule has 0 radical (unpaired) electrons. The standard InChI is InChI=1S/C5H10Te/c1-3-4-5-6-2/h3-4H,5H2,1-2H3. The van der Waals surface area contributed by atoms with Crippen molar-refractivity contribution >= 4 is 20.9 Å². The van der Waals surface area contributed by atoms with E-state index in [1.165, 1.54) is 4.47 Å². The Morgan fingerprint density at radius 2 is 2.33 bits per heavy atom. The zero-order valence-electron chi connectivity index (χ0n) is 4.27. The third kappa shape index (κ3) is 4.53. The van der Waals surface area contributed by atoms with Crippen molar-refractivity contribution in [2.24, 2.45) is 0 Å². The monoisotopic (exact) mass is 200 g/mol. The first-order valence-electron chi connectivity index (χ1n) is 2.02. The van der Waals surface area contributed by atoms with Crippen LogP contribution >= 0.6 is 0 Å². The minimum absolute atomic E-state index is 0.377. The summed E-state index contributed by atoms with van der Waals surface area (Å²) in [4.78, 5) is 2.31. The van der Waals surface area contributed by atoms with Gasteiger partial charge in [-0.2, -0.15) is 0 Å². The Balaban J connectivity index is 2.66. The van der Waals surface area contributed by atoms with Gasteiger partial charge in [0.25, 0.3) is 0 Å². The van der Waals surface area contributed by atoms with Gasteiger partial charge in [-0.05, 0) is 0 Å². The molecule has 0 aliphatic rings. The van der Waals surface area contributed by atoms with Gasteiger partial charge in [0, 0.05) is 0 Å².